The molecule has 0 atom stereocenters. The van der Waals surface area contributed by atoms with Crippen molar-refractivity contribution in [2.24, 2.45) is 7.05 Å². The zero-order valence-electron chi connectivity index (χ0n) is 9.01. The van der Waals surface area contributed by atoms with Crippen LogP contribution in [0.3, 0.4) is 0 Å². The molecule has 0 unspecified atom stereocenters. The summed E-state index contributed by atoms with van der Waals surface area (Å²) in [6.07, 6.45) is 2.45. The first-order valence-electron chi connectivity index (χ1n) is 5.22. The highest BCUT2D eigenvalue weighted by molar-refractivity contribution is 5.94. The van der Waals surface area contributed by atoms with Crippen molar-refractivity contribution < 1.29 is 9.90 Å². The molecule has 0 spiro atoms. The number of amides is 1. The number of hydrogen-bond acceptors (Lipinski definition) is 3. The van der Waals surface area contributed by atoms with E-state index in [0.717, 1.165) is 0 Å². The Bertz CT molecular complexity index is 461. The second-order valence-electron chi connectivity index (χ2n) is 4.16. The van der Waals surface area contributed by atoms with Crippen LogP contribution in [-0.2, 0) is 7.05 Å². The molecule has 1 aliphatic carbocycles. The third-order valence-electron chi connectivity index (χ3n) is 2.81. The number of pyridine rings is 1. The van der Waals surface area contributed by atoms with E-state index < -0.39 is 0 Å². The molecule has 5 heteroatoms. The number of aliphatic hydroxyl groups excluding tert-OH is 1. The second-order valence-corrected chi connectivity index (χ2v) is 4.16. The number of nitrogens with zero attached hydrogens (tertiary/aromatic N) is 1. The maximum absolute atomic E-state index is 11.7. The molecule has 0 radical (unpaired) electrons. The molecule has 2 N–H and O–H groups in total. The summed E-state index contributed by atoms with van der Waals surface area (Å²) in [6, 6.07) is 2.95. The van der Waals surface area contributed by atoms with Gasteiger partial charge in [-0.1, -0.05) is 0 Å². The van der Waals surface area contributed by atoms with Crippen molar-refractivity contribution in [3.05, 3.63) is 34.2 Å². The first-order chi connectivity index (χ1) is 7.56. The zero-order chi connectivity index (χ0) is 11.7. The molecule has 86 valence electrons. The number of hydrogen-bond donors (Lipinski definition) is 2. The first kappa shape index (κ1) is 10.9. The number of aryl methyl sites for hydroxylation is 1. The SMILES string of the molecule is Cn1ccc(C(=O)NC2CC(O)C2)cc1=O. The highest BCUT2D eigenvalue weighted by Crippen LogP contribution is 2.19. The standard InChI is InChI=1S/C11H14N2O3/c1-13-3-2-7(4-10(13)15)11(16)12-8-5-9(14)6-8/h2-4,8-9,14H,5-6H2,1H3,(H,12,16). The summed E-state index contributed by atoms with van der Waals surface area (Å²) in [7, 11) is 1.63. The maximum atomic E-state index is 11.7. The Morgan fingerprint density at radius 2 is 2.25 bits per heavy atom. The summed E-state index contributed by atoms with van der Waals surface area (Å²) >= 11 is 0. The summed E-state index contributed by atoms with van der Waals surface area (Å²) in [5.41, 5.74) is 0.158. The van der Waals surface area contributed by atoms with E-state index in [9.17, 15) is 9.59 Å². The van der Waals surface area contributed by atoms with E-state index in [1.807, 2.05) is 0 Å². The van der Waals surface area contributed by atoms with Crippen molar-refractivity contribution >= 4 is 5.91 Å². The smallest absolute Gasteiger partial charge is 0.251 e. The molecule has 1 aromatic heterocycles. The Kier molecular flexibility index (Phi) is 2.78. The third-order valence-corrected chi connectivity index (χ3v) is 2.81. The fourth-order valence-electron chi connectivity index (χ4n) is 1.66. The van der Waals surface area contributed by atoms with Crippen LogP contribution in [0, 0.1) is 0 Å². The van der Waals surface area contributed by atoms with Gasteiger partial charge in [-0.05, 0) is 18.9 Å². The largest absolute Gasteiger partial charge is 0.393 e. The van der Waals surface area contributed by atoms with Crippen LogP contribution in [0.2, 0.25) is 0 Å². The van der Waals surface area contributed by atoms with Gasteiger partial charge in [-0.2, -0.15) is 0 Å². The molecule has 0 saturated heterocycles. The van der Waals surface area contributed by atoms with Gasteiger partial charge in [0.05, 0.1) is 6.10 Å². The summed E-state index contributed by atoms with van der Waals surface area (Å²) < 4.78 is 1.41. The molecule has 1 heterocycles. The topological polar surface area (TPSA) is 71.3 Å². The van der Waals surface area contributed by atoms with Gasteiger partial charge in [0, 0.05) is 30.9 Å². The Labute approximate surface area is 92.7 Å². The van der Waals surface area contributed by atoms with Gasteiger partial charge in [-0.25, -0.2) is 0 Å². The fraction of sp³-hybridized carbons (Fsp3) is 0.455. The zero-order valence-corrected chi connectivity index (χ0v) is 9.01. The Balaban J connectivity index is 2.03. The lowest BCUT2D eigenvalue weighted by Crippen LogP contribution is -2.46. The normalized spacial score (nSPS) is 23.6. The molecule has 2 rings (SSSR count). The molecule has 1 fully saturated rings. The molecule has 1 aromatic rings. The van der Waals surface area contributed by atoms with Gasteiger partial charge >= 0.3 is 0 Å². The molecular weight excluding hydrogens is 208 g/mol. The molecule has 1 amide bonds. The summed E-state index contributed by atoms with van der Waals surface area (Å²) in [6.45, 7) is 0. The average molecular weight is 222 g/mol. The van der Waals surface area contributed by atoms with Gasteiger partial charge in [0.1, 0.15) is 0 Å². The first-order valence-corrected chi connectivity index (χ1v) is 5.22. The van der Waals surface area contributed by atoms with E-state index in [0.29, 0.717) is 18.4 Å². The monoisotopic (exact) mass is 222 g/mol. The van der Waals surface area contributed by atoms with Crippen LogP contribution in [-0.4, -0.2) is 27.7 Å². The molecule has 1 saturated carbocycles. The molecular formula is C11H14N2O3. The molecule has 1 aliphatic rings. The lowest BCUT2D eigenvalue weighted by molar-refractivity contribution is 0.0562. The minimum Gasteiger partial charge on any atom is -0.393 e. The Hall–Kier alpha value is -1.62. The minimum atomic E-state index is -0.297. The van der Waals surface area contributed by atoms with Crippen molar-refractivity contribution in [3.8, 4) is 0 Å². The van der Waals surface area contributed by atoms with Crippen LogP contribution in [0.25, 0.3) is 0 Å². The van der Waals surface area contributed by atoms with E-state index in [-0.39, 0.29) is 23.6 Å². The Morgan fingerprint density at radius 3 is 2.81 bits per heavy atom. The number of aromatic nitrogens is 1. The van der Waals surface area contributed by atoms with Crippen LogP contribution in [0.15, 0.2) is 23.1 Å². The van der Waals surface area contributed by atoms with Crippen molar-refractivity contribution in [2.75, 3.05) is 0 Å². The van der Waals surface area contributed by atoms with Gasteiger partial charge < -0.3 is 15.0 Å². The van der Waals surface area contributed by atoms with Crippen molar-refractivity contribution in [1.82, 2.24) is 9.88 Å². The Morgan fingerprint density at radius 1 is 1.56 bits per heavy atom. The summed E-state index contributed by atoms with van der Waals surface area (Å²) in [5.74, 6) is -0.255. The van der Waals surface area contributed by atoms with E-state index in [1.54, 1.807) is 19.3 Å². The van der Waals surface area contributed by atoms with Crippen LogP contribution in [0.4, 0.5) is 0 Å². The van der Waals surface area contributed by atoms with Gasteiger partial charge in [0.25, 0.3) is 11.5 Å². The van der Waals surface area contributed by atoms with E-state index in [4.69, 9.17) is 5.11 Å². The molecule has 16 heavy (non-hydrogen) atoms. The van der Waals surface area contributed by atoms with E-state index in [2.05, 4.69) is 5.32 Å². The number of carbonyl (C=O) groups excluding carboxylic acids is 1. The molecule has 5 nitrogen and oxygen atoms in total. The average Bonchev–Trinajstić information content (AvgIpc) is 2.19. The molecule has 0 aromatic carbocycles. The molecule has 0 aliphatic heterocycles. The number of rotatable bonds is 2. The second kappa shape index (κ2) is 4.09. The molecule has 0 bridgehead atoms. The van der Waals surface area contributed by atoms with Crippen molar-refractivity contribution in [3.63, 3.8) is 0 Å². The summed E-state index contributed by atoms with van der Waals surface area (Å²) in [5, 5.41) is 11.8. The van der Waals surface area contributed by atoms with Crippen molar-refractivity contribution in [1.29, 1.82) is 0 Å². The summed E-state index contributed by atoms with van der Waals surface area (Å²) in [4.78, 5) is 23.0. The third kappa shape index (κ3) is 2.14. The van der Waals surface area contributed by atoms with E-state index in [1.165, 1.54) is 10.6 Å². The maximum Gasteiger partial charge on any atom is 0.251 e. The van der Waals surface area contributed by atoms with Crippen LogP contribution < -0.4 is 10.9 Å². The number of carbonyl (C=O) groups is 1. The fourth-order valence-corrected chi connectivity index (χ4v) is 1.66. The highest BCUT2D eigenvalue weighted by atomic mass is 16.3. The number of nitrogens with one attached hydrogen (secondary N) is 1. The minimum absolute atomic E-state index is 0.0339. The lowest BCUT2D eigenvalue weighted by atomic mass is 9.89. The van der Waals surface area contributed by atoms with Crippen LogP contribution in [0.1, 0.15) is 23.2 Å². The predicted molar refractivity (Wildman–Crippen MR) is 58.2 cm³/mol. The highest BCUT2D eigenvalue weighted by Gasteiger charge is 2.28. The van der Waals surface area contributed by atoms with Crippen molar-refractivity contribution in [2.45, 2.75) is 25.0 Å². The van der Waals surface area contributed by atoms with Crippen LogP contribution in [0.5, 0.6) is 0 Å². The predicted octanol–water partition coefficient (Wildman–Crippen LogP) is -0.362. The number of aliphatic hydroxyl groups is 1. The van der Waals surface area contributed by atoms with E-state index >= 15 is 0 Å². The van der Waals surface area contributed by atoms with Gasteiger partial charge in [-0.3, -0.25) is 9.59 Å². The lowest BCUT2D eigenvalue weighted by Gasteiger charge is -2.31. The quantitative estimate of drug-likeness (QED) is 0.717. The van der Waals surface area contributed by atoms with Gasteiger partial charge in [0.2, 0.25) is 0 Å². The van der Waals surface area contributed by atoms with Crippen LogP contribution >= 0.6 is 0 Å². The van der Waals surface area contributed by atoms with Gasteiger partial charge in [0.15, 0.2) is 0 Å². The van der Waals surface area contributed by atoms with Gasteiger partial charge in [-0.15, -0.1) is 0 Å².